The van der Waals surface area contributed by atoms with Crippen LogP contribution in [0, 0.1) is 11.7 Å². The lowest BCUT2D eigenvalue weighted by molar-refractivity contribution is 0.444. The van der Waals surface area contributed by atoms with Gasteiger partial charge in [-0.15, -0.1) is 0 Å². The zero-order valence-corrected chi connectivity index (χ0v) is 17.5. The summed E-state index contributed by atoms with van der Waals surface area (Å²) in [5.74, 6) is 1.65. The molecule has 0 radical (unpaired) electrons. The van der Waals surface area contributed by atoms with E-state index < -0.39 is 0 Å². The predicted molar refractivity (Wildman–Crippen MR) is 117 cm³/mol. The van der Waals surface area contributed by atoms with Crippen LogP contribution in [-0.4, -0.2) is 34.7 Å². The van der Waals surface area contributed by atoms with Crippen LogP contribution in [0.5, 0.6) is 0 Å². The maximum absolute atomic E-state index is 12.9. The van der Waals surface area contributed by atoms with Crippen molar-refractivity contribution in [3.05, 3.63) is 46.9 Å². The molecule has 3 rings (SSSR count). The topological polar surface area (TPSA) is 53.1 Å². The Morgan fingerprint density at radius 2 is 2.11 bits per heavy atom. The van der Waals surface area contributed by atoms with Gasteiger partial charge in [-0.25, -0.2) is 9.37 Å². The molecule has 1 saturated heterocycles. The van der Waals surface area contributed by atoms with Crippen molar-refractivity contribution in [1.82, 2.24) is 15.3 Å². The minimum Gasteiger partial charge on any atom is -0.362 e. The van der Waals surface area contributed by atoms with Gasteiger partial charge in [0.1, 0.15) is 16.8 Å². The van der Waals surface area contributed by atoms with Gasteiger partial charge in [-0.05, 0) is 61.5 Å². The number of thiocarbonyl (C=S) groups is 1. The number of aromatic nitrogens is 2. The van der Waals surface area contributed by atoms with E-state index in [9.17, 15) is 4.39 Å². The Morgan fingerprint density at radius 3 is 2.86 bits per heavy atom. The Morgan fingerprint density at radius 1 is 1.32 bits per heavy atom. The molecule has 0 spiro atoms. The zero-order chi connectivity index (χ0) is 19.9. The lowest BCUT2D eigenvalue weighted by Crippen LogP contribution is -2.35. The summed E-state index contributed by atoms with van der Waals surface area (Å²) in [7, 11) is 0. The summed E-state index contributed by atoms with van der Waals surface area (Å²) in [4.78, 5) is 11.0. The summed E-state index contributed by atoms with van der Waals surface area (Å²) < 4.78 is 12.9. The molecule has 0 bridgehead atoms. The largest absolute Gasteiger partial charge is 0.362 e. The van der Waals surface area contributed by atoms with Crippen molar-refractivity contribution >= 4 is 40.7 Å². The minimum absolute atomic E-state index is 0.216. The van der Waals surface area contributed by atoms with E-state index in [1.54, 1.807) is 18.2 Å². The van der Waals surface area contributed by atoms with E-state index in [-0.39, 0.29) is 5.82 Å². The first-order valence-electron chi connectivity index (χ1n) is 9.58. The average Bonchev–Trinajstić information content (AvgIpc) is 2.66. The maximum Gasteiger partial charge on any atom is 0.232 e. The predicted octanol–water partition coefficient (Wildman–Crippen LogP) is 4.42. The van der Waals surface area contributed by atoms with Crippen molar-refractivity contribution in [2.75, 3.05) is 29.9 Å². The molecule has 1 aliphatic rings. The summed E-state index contributed by atoms with van der Waals surface area (Å²) in [5, 5.41) is 7.02. The molecule has 0 saturated carbocycles. The first-order chi connectivity index (χ1) is 13.5. The van der Waals surface area contributed by atoms with Gasteiger partial charge in [-0.1, -0.05) is 30.7 Å². The van der Waals surface area contributed by atoms with E-state index in [1.165, 1.54) is 18.6 Å². The van der Waals surface area contributed by atoms with E-state index in [0.29, 0.717) is 28.7 Å². The Hall–Kier alpha value is -1.99. The lowest BCUT2D eigenvalue weighted by atomic mass is 10.0. The number of anilines is 2. The van der Waals surface area contributed by atoms with E-state index >= 15 is 0 Å². The maximum atomic E-state index is 12.9. The SMILES string of the molecule is C[C@H]1CCCN(c2cc(Cl)nc(NC(=S)NCCCc3ccc(F)cc3)n2)C1. The highest BCUT2D eigenvalue weighted by molar-refractivity contribution is 7.80. The fourth-order valence-electron chi connectivity index (χ4n) is 3.31. The summed E-state index contributed by atoms with van der Waals surface area (Å²) >= 11 is 11.5. The van der Waals surface area contributed by atoms with Gasteiger partial charge in [-0.2, -0.15) is 4.98 Å². The lowest BCUT2D eigenvalue weighted by Gasteiger charge is -2.32. The molecule has 1 aliphatic heterocycles. The fraction of sp³-hybridized carbons (Fsp3) is 0.450. The first-order valence-corrected chi connectivity index (χ1v) is 10.4. The molecule has 2 heterocycles. The molecular formula is C20H25ClFN5S. The number of nitrogens with one attached hydrogen (secondary N) is 2. The molecule has 0 unspecified atom stereocenters. The van der Waals surface area contributed by atoms with Crippen molar-refractivity contribution in [3.8, 4) is 0 Å². The molecule has 2 aromatic rings. The molecule has 1 aromatic carbocycles. The van der Waals surface area contributed by atoms with Gasteiger partial charge in [0.05, 0.1) is 0 Å². The zero-order valence-electron chi connectivity index (χ0n) is 15.9. The van der Waals surface area contributed by atoms with Crippen LogP contribution in [0.1, 0.15) is 31.7 Å². The number of piperidine rings is 1. The average molecular weight is 422 g/mol. The Bertz CT molecular complexity index is 802. The molecule has 1 fully saturated rings. The van der Waals surface area contributed by atoms with Crippen molar-refractivity contribution in [2.45, 2.75) is 32.6 Å². The van der Waals surface area contributed by atoms with Crippen LogP contribution in [0.15, 0.2) is 30.3 Å². The van der Waals surface area contributed by atoms with E-state index in [0.717, 1.165) is 43.7 Å². The van der Waals surface area contributed by atoms with Gasteiger partial charge in [0.25, 0.3) is 0 Å². The number of aryl methyl sites for hydroxylation is 1. The Balaban J connectivity index is 1.48. The molecular weight excluding hydrogens is 397 g/mol. The quantitative estimate of drug-likeness (QED) is 0.409. The van der Waals surface area contributed by atoms with E-state index in [1.807, 2.05) is 0 Å². The molecule has 28 heavy (non-hydrogen) atoms. The normalized spacial score (nSPS) is 16.7. The van der Waals surface area contributed by atoms with E-state index in [4.69, 9.17) is 23.8 Å². The van der Waals surface area contributed by atoms with Crippen molar-refractivity contribution in [2.24, 2.45) is 5.92 Å². The van der Waals surface area contributed by atoms with Gasteiger partial charge in [-0.3, -0.25) is 0 Å². The minimum atomic E-state index is -0.216. The molecule has 8 heteroatoms. The van der Waals surface area contributed by atoms with Crippen molar-refractivity contribution in [3.63, 3.8) is 0 Å². The highest BCUT2D eigenvalue weighted by atomic mass is 35.5. The third-order valence-electron chi connectivity index (χ3n) is 4.73. The van der Waals surface area contributed by atoms with Gasteiger partial charge in [0, 0.05) is 25.7 Å². The molecule has 1 aromatic heterocycles. The van der Waals surface area contributed by atoms with E-state index in [2.05, 4.69) is 32.4 Å². The Labute approximate surface area is 175 Å². The van der Waals surface area contributed by atoms with Crippen molar-refractivity contribution < 1.29 is 4.39 Å². The number of benzene rings is 1. The number of hydrogen-bond donors (Lipinski definition) is 2. The summed E-state index contributed by atoms with van der Waals surface area (Å²) in [5.41, 5.74) is 1.10. The molecule has 150 valence electrons. The van der Waals surface area contributed by atoms with Crippen LogP contribution in [-0.2, 0) is 6.42 Å². The highest BCUT2D eigenvalue weighted by Crippen LogP contribution is 2.24. The third kappa shape index (κ3) is 6.27. The van der Waals surface area contributed by atoms with Gasteiger partial charge in [0.15, 0.2) is 5.11 Å². The Kier molecular flexibility index (Phi) is 7.39. The first kappa shape index (κ1) is 20.7. The summed E-state index contributed by atoms with van der Waals surface area (Å²) in [6.07, 6.45) is 4.12. The molecule has 1 atom stereocenters. The second-order valence-corrected chi connectivity index (χ2v) is 7.97. The van der Waals surface area contributed by atoms with Gasteiger partial charge >= 0.3 is 0 Å². The molecule has 5 nitrogen and oxygen atoms in total. The smallest absolute Gasteiger partial charge is 0.232 e. The van der Waals surface area contributed by atoms with Crippen LogP contribution in [0.4, 0.5) is 16.2 Å². The number of halogens is 2. The molecule has 2 N–H and O–H groups in total. The van der Waals surface area contributed by atoms with Crippen LogP contribution >= 0.6 is 23.8 Å². The number of rotatable bonds is 6. The highest BCUT2D eigenvalue weighted by Gasteiger charge is 2.19. The van der Waals surface area contributed by atoms with Gasteiger partial charge < -0.3 is 15.5 Å². The summed E-state index contributed by atoms with van der Waals surface area (Å²) in [6.45, 7) is 4.89. The number of hydrogen-bond acceptors (Lipinski definition) is 4. The van der Waals surface area contributed by atoms with Crippen molar-refractivity contribution in [1.29, 1.82) is 0 Å². The van der Waals surface area contributed by atoms with Crippen LogP contribution < -0.4 is 15.5 Å². The third-order valence-corrected chi connectivity index (χ3v) is 5.17. The standard InChI is InChI=1S/C20H25ClFN5S/c1-14-4-3-11-27(13-14)18-12-17(21)24-19(25-18)26-20(28)23-10-2-5-15-6-8-16(22)9-7-15/h6-9,12,14H,2-5,10-11,13H2,1H3,(H2,23,24,25,26,28)/t14-/m0/s1. The second kappa shape index (κ2) is 9.98. The number of nitrogens with zero attached hydrogens (tertiary/aromatic N) is 3. The fourth-order valence-corrected chi connectivity index (χ4v) is 3.68. The molecule has 0 aliphatic carbocycles. The monoisotopic (exact) mass is 421 g/mol. The van der Waals surface area contributed by atoms with Crippen LogP contribution in [0.25, 0.3) is 0 Å². The molecule has 0 amide bonds. The van der Waals surface area contributed by atoms with Crippen LogP contribution in [0.3, 0.4) is 0 Å². The summed E-state index contributed by atoms with van der Waals surface area (Å²) in [6, 6.07) is 8.35. The van der Waals surface area contributed by atoms with Gasteiger partial charge in [0.2, 0.25) is 5.95 Å². The van der Waals surface area contributed by atoms with Crippen LogP contribution in [0.2, 0.25) is 5.15 Å². The second-order valence-electron chi connectivity index (χ2n) is 7.18.